The first-order valence-electron chi connectivity index (χ1n) is 27.6. The molecule has 19 nitrogen and oxygen atoms in total. The van der Waals surface area contributed by atoms with E-state index in [0.717, 1.165) is 11.1 Å². The number of carbonyl (C=O) groups excluding carboxylic acids is 2. The minimum Gasteiger partial charge on any atom is -0.458 e. The van der Waals surface area contributed by atoms with Crippen molar-refractivity contribution < 1.29 is 91.6 Å². The van der Waals surface area contributed by atoms with Gasteiger partial charge in [0.2, 0.25) is 0 Å². The number of ketones is 1. The standard InChI is InChI=1S/C56H90O19/c1-28(2)29(3)21-43(58)72-42-27-41-52(9)17-16-36(22-35(52)15-18-55(41,61)56(62)20-19-54(60,34(8)57)53(42,56)10)71-44-24-38(64-12)49(31(5)68-44)74-46-26-40(66-14)51(33(7)70-46)75-47-25-39(65-13)50(32(6)69-47)73-45-23-37(63-11)48(59)30(4)67-45/h15,21,28,30-33,36-42,44-51,59-62H,16-20,22-27H2,1-14H3/b29-21-/t30-,31+,32+,33-,36-,37+,38-,39-,40-,41+,42+,44-,45-,46-,47-,48-,49+,50+,51+,52-,53+,54-,55-,56+/m0/s1. The van der Waals surface area contributed by atoms with Gasteiger partial charge in [-0.1, -0.05) is 38.0 Å². The number of allylic oxidation sites excluding steroid dienone is 1. The predicted octanol–water partition coefficient (Wildman–Crippen LogP) is 5.12. The Kier molecular flexibility index (Phi) is 18.0. The quantitative estimate of drug-likeness (QED) is 0.0892. The first-order valence-corrected chi connectivity index (χ1v) is 27.6. The van der Waals surface area contributed by atoms with Gasteiger partial charge in [-0.05, 0) is 105 Å². The van der Waals surface area contributed by atoms with E-state index in [9.17, 15) is 30.0 Å². The van der Waals surface area contributed by atoms with Crippen molar-refractivity contribution in [3.63, 3.8) is 0 Å². The van der Waals surface area contributed by atoms with Crippen molar-refractivity contribution in [3.8, 4) is 0 Å². The summed E-state index contributed by atoms with van der Waals surface area (Å²) in [7, 11) is 6.49. The van der Waals surface area contributed by atoms with Gasteiger partial charge in [0.25, 0.3) is 0 Å². The lowest BCUT2D eigenvalue weighted by Gasteiger charge is -2.67. The van der Waals surface area contributed by atoms with Gasteiger partial charge in [-0.25, -0.2) is 4.79 Å². The van der Waals surface area contributed by atoms with Crippen molar-refractivity contribution >= 4 is 11.8 Å². The van der Waals surface area contributed by atoms with Crippen LogP contribution in [0.2, 0.25) is 0 Å². The van der Waals surface area contributed by atoms with Crippen LogP contribution < -0.4 is 0 Å². The summed E-state index contributed by atoms with van der Waals surface area (Å²) < 4.78 is 81.6. The van der Waals surface area contributed by atoms with Crippen LogP contribution in [0.3, 0.4) is 0 Å². The van der Waals surface area contributed by atoms with E-state index in [1.807, 2.05) is 47.6 Å². The van der Waals surface area contributed by atoms with Crippen LogP contribution in [-0.4, -0.2) is 188 Å². The number of fused-ring (bicyclic) bond motifs is 5. The fraction of sp³-hybridized carbons (Fsp3) is 0.893. The van der Waals surface area contributed by atoms with E-state index in [1.54, 1.807) is 42.3 Å². The molecule has 4 N–H and O–H groups in total. The number of aliphatic hydroxyl groups excluding tert-OH is 1. The molecule has 8 rings (SSSR count). The molecule has 4 aliphatic heterocycles. The Morgan fingerprint density at radius 1 is 0.667 bits per heavy atom. The average molecular weight is 1070 g/mol. The minimum absolute atomic E-state index is 0.0344. The molecule has 0 aromatic heterocycles. The molecule has 0 unspecified atom stereocenters. The molecule has 428 valence electrons. The SMILES string of the molecule is CO[C@H]1C[C@H](O[C@H]2[C@@H](OC)C[C@H](O[C@H]3CC[C@@]4(C)C(=CC[C@]5(O)[C@@H]4C[C@@H](OC(=O)/C=C(/C)C(C)C)[C@@]4(C)[C@]5(O)CC[C@]4(O)C(C)=O)C3)O[C@@H]2C)O[C@@H](C)[C@H]1O[C@H]1C[C@H](OC)[C@H](O[C@H]2C[C@@H](OC)[C@@H](O)[C@H](C)O2)[C@@H](C)O1. The van der Waals surface area contributed by atoms with Gasteiger partial charge in [-0.2, -0.15) is 0 Å². The zero-order valence-electron chi connectivity index (χ0n) is 46.9. The summed E-state index contributed by atoms with van der Waals surface area (Å²) in [6, 6.07) is 0. The molecule has 0 radical (unpaired) electrons. The van der Waals surface area contributed by atoms with Crippen LogP contribution in [0.4, 0.5) is 0 Å². The van der Waals surface area contributed by atoms with Crippen LogP contribution in [0.1, 0.15) is 140 Å². The van der Waals surface area contributed by atoms with Gasteiger partial charge in [-0.3, -0.25) is 4.79 Å². The molecule has 0 spiro atoms. The first-order chi connectivity index (χ1) is 35.3. The molecule has 0 aromatic carbocycles. The van der Waals surface area contributed by atoms with E-state index in [4.69, 9.17) is 61.6 Å². The Morgan fingerprint density at radius 3 is 1.60 bits per heavy atom. The van der Waals surface area contributed by atoms with Crippen molar-refractivity contribution in [1.82, 2.24) is 0 Å². The number of methoxy groups -OCH3 is 4. The van der Waals surface area contributed by atoms with Crippen LogP contribution in [0, 0.1) is 22.7 Å². The topological polar surface area (TPSA) is 235 Å². The molecular formula is C56H90O19. The number of rotatable bonds is 16. The van der Waals surface area contributed by atoms with Gasteiger partial charge in [0.05, 0.1) is 60.4 Å². The number of ether oxygens (including phenoxy) is 13. The smallest absolute Gasteiger partial charge is 0.330 e. The summed E-state index contributed by atoms with van der Waals surface area (Å²) in [4.78, 5) is 26.9. The zero-order valence-corrected chi connectivity index (χ0v) is 46.9. The third kappa shape index (κ3) is 10.6. The van der Waals surface area contributed by atoms with E-state index in [2.05, 4.69) is 6.92 Å². The maximum atomic E-state index is 13.6. The minimum atomic E-state index is -2.02. The highest BCUT2D eigenvalue weighted by molar-refractivity contribution is 5.87. The predicted molar refractivity (Wildman–Crippen MR) is 269 cm³/mol. The summed E-state index contributed by atoms with van der Waals surface area (Å²) >= 11 is 0. The molecule has 0 aromatic rings. The average Bonchev–Trinajstić information content (AvgIpc) is 3.59. The van der Waals surface area contributed by atoms with E-state index < -0.39 is 144 Å². The van der Waals surface area contributed by atoms with Crippen LogP contribution in [-0.2, 0) is 71.2 Å². The van der Waals surface area contributed by atoms with E-state index in [1.165, 1.54) is 13.0 Å². The normalized spacial score (nSPS) is 49.3. The third-order valence-corrected chi connectivity index (χ3v) is 19.6. The summed E-state index contributed by atoms with van der Waals surface area (Å²) in [5.74, 6) is -1.61. The maximum Gasteiger partial charge on any atom is 0.330 e. The van der Waals surface area contributed by atoms with Crippen LogP contribution >= 0.6 is 0 Å². The maximum absolute atomic E-state index is 13.6. The van der Waals surface area contributed by atoms with E-state index >= 15 is 0 Å². The Bertz CT molecular complexity index is 2070. The first kappa shape index (κ1) is 59.1. The highest BCUT2D eigenvalue weighted by Gasteiger charge is 2.81. The molecule has 4 saturated heterocycles. The molecule has 19 heteroatoms. The van der Waals surface area contributed by atoms with Crippen molar-refractivity contribution in [1.29, 1.82) is 0 Å². The summed E-state index contributed by atoms with van der Waals surface area (Å²) in [5, 5.41) is 48.5. The summed E-state index contributed by atoms with van der Waals surface area (Å²) in [5.41, 5.74) is -6.10. The fourth-order valence-electron chi connectivity index (χ4n) is 14.6. The lowest BCUT2D eigenvalue weighted by atomic mass is 9.42. The van der Waals surface area contributed by atoms with Crippen molar-refractivity contribution in [2.24, 2.45) is 22.7 Å². The highest BCUT2D eigenvalue weighted by Crippen LogP contribution is 2.71. The largest absolute Gasteiger partial charge is 0.458 e. The molecule has 0 bridgehead atoms. The van der Waals surface area contributed by atoms with Gasteiger partial charge >= 0.3 is 5.97 Å². The molecule has 24 atom stereocenters. The second-order valence-corrected chi connectivity index (χ2v) is 23.9. The molecule has 75 heavy (non-hydrogen) atoms. The molecule has 7 fully saturated rings. The van der Waals surface area contributed by atoms with Crippen molar-refractivity contribution in [2.45, 2.75) is 267 Å². The summed E-state index contributed by atoms with van der Waals surface area (Å²) in [6.45, 7) is 18.4. The van der Waals surface area contributed by atoms with Gasteiger partial charge < -0.3 is 82.0 Å². The molecule has 8 aliphatic rings. The molecular weight excluding hydrogens is 977 g/mol. The van der Waals surface area contributed by atoms with E-state index in [-0.39, 0.29) is 43.8 Å². The fourth-order valence-corrected chi connectivity index (χ4v) is 14.6. The molecule has 0 amide bonds. The second kappa shape index (κ2) is 22.8. The Balaban J connectivity index is 0.877. The highest BCUT2D eigenvalue weighted by atomic mass is 16.8. The zero-order chi connectivity index (χ0) is 54.7. The van der Waals surface area contributed by atoms with Crippen molar-refractivity contribution in [3.05, 3.63) is 23.3 Å². The Hall–Kier alpha value is -2.02. The number of carbonyl (C=O) groups is 2. The number of esters is 1. The number of aliphatic hydroxyl groups is 4. The monoisotopic (exact) mass is 1070 g/mol. The molecule has 4 heterocycles. The Labute approximate surface area is 443 Å². The molecule has 4 aliphatic carbocycles. The number of Topliss-reactive ketones (excluding diaryl/α,β-unsaturated/α-hetero) is 1. The van der Waals surface area contributed by atoms with Crippen LogP contribution in [0.5, 0.6) is 0 Å². The van der Waals surface area contributed by atoms with Gasteiger partial charge in [0.15, 0.2) is 30.9 Å². The van der Waals surface area contributed by atoms with Gasteiger partial charge in [-0.15, -0.1) is 0 Å². The van der Waals surface area contributed by atoms with Crippen LogP contribution in [0.25, 0.3) is 0 Å². The third-order valence-electron chi connectivity index (χ3n) is 19.6. The second-order valence-electron chi connectivity index (χ2n) is 23.9. The van der Waals surface area contributed by atoms with Gasteiger partial charge in [0, 0.05) is 66.1 Å². The Morgan fingerprint density at radius 2 is 1.13 bits per heavy atom. The molecule has 3 saturated carbocycles. The number of hydrogen-bond donors (Lipinski definition) is 4. The van der Waals surface area contributed by atoms with E-state index in [0.29, 0.717) is 44.9 Å². The van der Waals surface area contributed by atoms with Crippen LogP contribution in [0.15, 0.2) is 23.3 Å². The number of hydrogen-bond acceptors (Lipinski definition) is 19. The lowest BCUT2D eigenvalue weighted by molar-refractivity contribution is -0.347. The lowest BCUT2D eigenvalue weighted by Crippen LogP contribution is -2.78. The van der Waals surface area contributed by atoms with Crippen molar-refractivity contribution in [2.75, 3.05) is 28.4 Å². The summed E-state index contributed by atoms with van der Waals surface area (Å²) in [6.07, 6.45) is -2.49. The van der Waals surface area contributed by atoms with Gasteiger partial charge in [0.1, 0.15) is 47.3 Å².